The number of nitrogens with one attached hydrogen (secondary N) is 1. The summed E-state index contributed by atoms with van der Waals surface area (Å²) < 4.78 is 43.1. The number of likely N-dealkylation sites (tertiary alicyclic amines) is 1. The van der Waals surface area contributed by atoms with E-state index in [0.29, 0.717) is 13.1 Å². The minimum Gasteiger partial charge on any atom is -0.297 e. The Kier molecular flexibility index (Phi) is 5.37. The number of benzene rings is 1. The molecule has 1 atom stereocenters. The summed E-state index contributed by atoms with van der Waals surface area (Å²) in [4.78, 5) is 6.69. The van der Waals surface area contributed by atoms with Crippen LogP contribution in [-0.2, 0) is 23.6 Å². The maximum atomic E-state index is 13.4. The van der Waals surface area contributed by atoms with Crippen LogP contribution in [0.2, 0.25) is 0 Å². The average molecular weight is 418 g/mol. The summed E-state index contributed by atoms with van der Waals surface area (Å²) in [7, 11) is -1.87. The average Bonchev–Trinajstić information content (AvgIpc) is 2.95. The quantitative estimate of drug-likeness (QED) is 0.689. The number of aryl methyl sites for hydroxylation is 2. The standard InChI is InChI=1S/C20H24FN5O2S/c1-14-19-9-15(11-22-20(19)25(2)23-14)12-26-8-4-6-17(13-26)24-29(27,28)18-7-3-5-16(21)10-18/h3,5,7,9-11,17,24H,4,6,8,12-13H2,1-2H3. The molecule has 0 radical (unpaired) electrons. The number of pyridine rings is 1. The van der Waals surface area contributed by atoms with Gasteiger partial charge in [0.2, 0.25) is 10.0 Å². The summed E-state index contributed by atoms with van der Waals surface area (Å²) in [6, 6.07) is 6.97. The molecule has 2 aromatic heterocycles. The number of sulfonamides is 1. The lowest BCUT2D eigenvalue weighted by Gasteiger charge is -2.33. The minimum atomic E-state index is -3.75. The van der Waals surface area contributed by atoms with Crippen LogP contribution in [0.25, 0.3) is 11.0 Å². The zero-order valence-electron chi connectivity index (χ0n) is 16.5. The summed E-state index contributed by atoms with van der Waals surface area (Å²) in [6.07, 6.45) is 3.49. The van der Waals surface area contributed by atoms with Gasteiger partial charge in [0.05, 0.1) is 10.6 Å². The summed E-state index contributed by atoms with van der Waals surface area (Å²) in [5.74, 6) is -0.563. The topological polar surface area (TPSA) is 80.1 Å². The van der Waals surface area contributed by atoms with E-state index >= 15 is 0 Å². The fraction of sp³-hybridized carbons (Fsp3) is 0.400. The van der Waals surface area contributed by atoms with Crippen molar-refractivity contribution in [3.05, 3.63) is 53.6 Å². The van der Waals surface area contributed by atoms with Gasteiger partial charge in [0.1, 0.15) is 5.82 Å². The van der Waals surface area contributed by atoms with Crippen LogP contribution in [0.3, 0.4) is 0 Å². The third-order valence-corrected chi connectivity index (χ3v) is 6.78. The first-order chi connectivity index (χ1) is 13.8. The van der Waals surface area contributed by atoms with Crippen LogP contribution >= 0.6 is 0 Å². The molecule has 4 rings (SSSR count). The summed E-state index contributed by atoms with van der Waals surface area (Å²) in [6.45, 7) is 4.14. The summed E-state index contributed by atoms with van der Waals surface area (Å²) >= 11 is 0. The zero-order valence-corrected chi connectivity index (χ0v) is 17.3. The van der Waals surface area contributed by atoms with E-state index in [0.717, 1.165) is 47.7 Å². The van der Waals surface area contributed by atoms with Gasteiger partial charge in [-0.3, -0.25) is 9.58 Å². The van der Waals surface area contributed by atoms with Gasteiger partial charge in [-0.05, 0) is 56.1 Å². The molecule has 1 aliphatic rings. The molecule has 0 saturated carbocycles. The van der Waals surface area contributed by atoms with Gasteiger partial charge in [-0.2, -0.15) is 5.10 Å². The highest BCUT2D eigenvalue weighted by molar-refractivity contribution is 7.89. The first-order valence-corrected chi connectivity index (χ1v) is 11.1. The number of hydrogen-bond acceptors (Lipinski definition) is 5. The van der Waals surface area contributed by atoms with Crippen molar-refractivity contribution in [2.24, 2.45) is 7.05 Å². The monoisotopic (exact) mass is 417 g/mol. The van der Waals surface area contributed by atoms with E-state index in [4.69, 9.17) is 0 Å². The molecular weight excluding hydrogens is 393 g/mol. The van der Waals surface area contributed by atoms with E-state index in [-0.39, 0.29) is 10.9 Å². The Hall–Kier alpha value is -2.36. The smallest absolute Gasteiger partial charge is 0.240 e. The number of fused-ring (bicyclic) bond motifs is 1. The Morgan fingerprint density at radius 1 is 1.31 bits per heavy atom. The lowest BCUT2D eigenvalue weighted by molar-refractivity contribution is 0.194. The molecule has 0 bridgehead atoms. The maximum absolute atomic E-state index is 13.4. The summed E-state index contributed by atoms with van der Waals surface area (Å²) in [5.41, 5.74) is 2.86. The van der Waals surface area contributed by atoms with Crippen LogP contribution in [0.15, 0.2) is 41.4 Å². The molecule has 1 aliphatic heterocycles. The van der Waals surface area contributed by atoms with Crippen molar-refractivity contribution in [3.8, 4) is 0 Å². The molecule has 3 heterocycles. The van der Waals surface area contributed by atoms with Gasteiger partial charge in [0.25, 0.3) is 0 Å². The van der Waals surface area contributed by atoms with Crippen LogP contribution in [0, 0.1) is 12.7 Å². The molecule has 1 N–H and O–H groups in total. The van der Waals surface area contributed by atoms with E-state index in [1.165, 1.54) is 18.2 Å². The van der Waals surface area contributed by atoms with Crippen LogP contribution in [0.1, 0.15) is 24.1 Å². The van der Waals surface area contributed by atoms with Crippen molar-refractivity contribution in [2.45, 2.75) is 37.2 Å². The number of hydrogen-bond donors (Lipinski definition) is 1. The first-order valence-electron chi connectivity index (χ1n) is 9.60. The highest BCUT2D eigenvalue weighted by Gasteiger charge is 2.25. The molecule has 3 aromatic rings. The Balaban J connectivity index is 1.45. The van der Waals surface area contributed by atoms with E-state index in [2.05, 4.69) is 25.8 Å². The van der Waals surface area contributed by atoms with Crippen LogP contribution in [-0.4, -0.2) is 47.2 Å². The van der Waals surface area contributed by atoms with E-state index < -0.39 is 15.8 Å². The third kappa shape index (κ3) is 4.31. The Labute approximate surface area is 169 Å². The van der Waals surface area contributed by atoms with Gasteiger partial charge < -0.3 is 0 Å². The van der Waals surface area contributed by atoms with Crippen LogP contribution in [0.5, 0.6) is 0 Å². The fourth-order valence-corrected chi connectivity index (χ4v) is 5.21. The predicted octanol–water partition coefficient (Wildman–Crippen LogP) is 2.36. The van der Waals surface area contributed by atoms with Crippen molar-refractivity contribution in [1.29, 1.82) is 0 Å². The van der Waals surface area contributed by atoms with Gasteiger partial charge >= 0.3 is 0 Å². The van der Waals surface area contributed by atoms with Crippen molar-refractivity contribution in [2.75, 3.05) is 13.1 Å². The van der Waals surface area contributed by atoms with E-state index in [1.54, 1.807) is 4.68 Å². The van der Waals surface area contributed by atoms with E-state index in [9.17, 15) is 12.8 Å². The molecule has 9 heteroatoms. The molecule has 1 fully saturated rings. The second kappa shape index (κ2) is 7.81. The number of nitrogens with zero attached hydrogens (tertiary/aromatic N) is 4. The SMILES string of the molecule is Cc1nn(C)c2ncc(CN3CCCC(NS(=O)(=O)c4cccc(F)c4)C3)cc12. The van der Waals surface area contributed by atoms with Crippen molar-refractivity contribution < 1.29 is 12.8 Å². The number of aromatic nitrogens is 3. The number of rotatable bonds is 5. The van der Waals surface area contributed by atoms with Gasteiger partial charge in [-0.15, -0.1) is 0 Å². The molecule has 154 valence electrons. The van der Waals surface area contributed by atoms with E-state index in [1.807, 2.05) is 20.2 Å². The van der Waals surface area contributed by atoms with Gasteiger partial charge in [-0.1, -0.05) is 6.07 Å². The Bertz CT molecular complexity index is 1140. The normalized spacial score (nSPS) is 18.4. The van der Waals surface area contributed by atoms with Crippen molar-refractivity contribution in [1.82, 2.24) is 24.4 Å². The molecule has 29 heavy (non-hydrogen) atoms. The molecule has 0 spiro atoms. The Morgan fingerprint density at radius 3 is 2.93 bits per heavy atom. The predicted molar refractivity (Wildman–Crippen MR) is 108 cm³/mol. The van der Waals surface area contributed by atoms with Gasteiger partial charge in [0.15, 0.2) is 5.65 Å². The third-order valence-electron chi connectivity index (χ3n) is 5.26. The lowest BCUT2D eigenvalue weighted by atomic mass is 10.1. The molecule has 1 aromatic carbocycles. The molecule has 0 aliphatic carbocycles. The summed E-state index contributed by atoms with van der Waals surface area (Å²) in [5, 5.41) is 5.44. The second-order valence-corrected chi connectivity index (χ2v) is 9.29. The second-order valence-electron chi connectivity index (χ2n) is 7.58. The van der Waals surface area contributed by atoms with Crippen molar-refractivity contribution in [3.63, 3.8) is 0 Å². The number of piperidine rings is 1. The molecular formula is C20H24FN5O2S. The first kappa shape index (κ1) is 19.9. The maximum Gasteiger partial charge on any atom is 0.240 e. The highest BCUT2D eigenvalue weighted by atomic mass is 32.2. The lowest BCUT2D eigenvalue weighted by Crippen LogP contribution is -2.47. The fourth-order valence-electron chi connectivity index (χ4n) is 3.91. The molecule has 1 unspecified atom stereocenters. The van der Waals surface area contributed by atoms with Crippen LogP contribution < -0.4 is 4.72 Å². The zero-order chi connectivity index (χ0) is 20.6. The molecule has 7 nitrogen and oxygen atoms in total. The van der Waals surface area contributed by atoms with Gasteiger partial charge in [0, 0.05) is 37.8 Å². The van der Waals surface area contributed by atoms with Gasteiger partial charge in [-0.25, -0.2) is 22.5 Å². The number of halogens is 1. The Morgan fingerprint density at radius 2 is 2.14 bits per heavy atom. The minimum absolute atomic E-state index is 0.0451. The van der Waals surface area contributed by atoms with Crippen LogP contribution in [0.4, 0.5) is 4.39 Å². The largest absolute Gasteiger partial charge is 0.297 e. The van der Waals surface area contributed by atoms with Crippen molar-refractivity contribution >= 4 is 21.1 Å². The highest BCUT2D eigenvalue weighted by Crippen LogP contribution is 2.20. The molecule has 0 amide bonds. The molecule has 1 saturated heterocycles.